The van der Waals surface area contributed by atoms with Crippen LogP contribution in [0.3, 0.4) is 0 Å². The standard InChI is InChI=1S/C24H27FN6O3/c1-24(2,34)22(25)12-28-23(33)18-11-27-20(8-19(18)30-16-5-14(6-16)13-32)21-4-3-17-7-15(9-26)10-29-31(17)21/h3-4,7-8,10-11,14,16,22,32,34H,5-6,12-13H2,1-2H3,(H,27,30)(H,28,33)/t14?,16?,22-/m1/s1. The molecule has 1 saturated carbocycles. The van der Waals surface area contributed by atoms with Gasteiger partial charge in [0.2, 0.25) is 0 Å². The van der Waals surface area contributed by atoms with Crippen LogP contribution in [-0.2, 0) is 0 Å². The van der Waals surface area contributed by atoms with Crippen LogP contribution in [0.15, 0.2) is 36.7 Å². The Labute approximate surface area is 196 Å². The fraction of sp³-hybridized carbons (Fsp3) is 0.417. The van der Waals surface area contributed by atoms with Gasteiger partial charge in [0.05, 0.1) is 52.1 Å². The van der Waals surface area contributed by atoms with Crippen LogP contribution in [0.1, 0.15) is 42.6 Å². The number of amides is 1. The lowest BCUT2D eigenvalue weighted by molar-refractivity contribution is -0.00177. The molecule has 3 aromatic rings. The zero-order valence-corrected chi connectivity index (χ0v) is 19.0. The second-order valence-electron chi connectivity index (χ2n) is 9.22. The zero-order chi connectivity index (χ0) is 24.5. The Morgan fingerprint density at radius 3 is 2.79 bits per heavy atom. The van der Waals surface area contributed by atoms with E-state index in [0.717, 1.165) is 18.4 Å². The number of hydrogen-bond donors (Lipinski definition) is 4. The Morgan fingerprint density at radius 2 is 2.12 bits per heavy atom. The summed E-state index contributed by atoms with van der Waals surface area (Å²) in [4.78, 5) is 17.3. The maximum absolute atomic E-state index is 14.1. The number of nitriles is 1. The molecule has 3 aromatic heterocycles. The molecule has 0 radical (unpaired) electrons. The summed E-state index contributed by atoms with van der Waals surface area (Å²) < 4.78 is 15.8. The monoisotopic (exact) mass is 466 g/mol. The third-order valence-corrected chi connectivity index (χ3v) is 6.10. The Kier molecular flexibility index (Phi) is 6.50. The largest absolute Gasteiger partial charge is 0.396 e. The SMILES string of the molecule is CC(C)(O)[C@H](F)CNC(=O)c1cnc(-c2ccc3cc(C#N)cnn23)cc1NC1CC(CO)C1. The molecular formula is C24H27FN6O3. The third-order valence-electron chi connectivity index (χ3n) is 6.10. The fourth-order valence-electron chi connectivity index (χ4n) is 3.90. The number of rotatable bonds is 8. The van der Waals surface area contributed by atoms with E-state index in [1.807, 2.05) is 12.1 Å². The molecule has 1 aliphatic carbocycles. The van der Waals surface area contributed by atoms with E-state index in [0.29, 0.717) is 22.6 Å². The molecule has 1 aliphatic rings. The minimum Gasteiger partial charge on any atom is -0.396 e. The number of alkyl halides is 1. The van der Waals surface area contributed by atoms with Gasteiger partial charge in [-0.3, -0.25) is 9.78 Å². The number of nitrogens with one attached hydrogen (secondary N) is 2. The molecule has 10 heteroatoms. The number of carbonyl (C=O) groups excluding carboxylic acids is 1. The van der Waals surface area contributed by atoms with Crippen molar-refractivity contribution >= 4 is 17.1 Å². The van der Waals surface area contributed by atoms with Gasteiger partial charge in [-0.15, -0.1) is 0 Å². The molecule has 0 bridgehead atoms. The number of aromatic nitrogens is 3. The molecule has 4 N–H and O–H groups in total. The smallest absolute Gasteiger partial charge is 0.255 e. The van der Waals surface area contributed by atoms with Crippen molar-refractivity contribution in [3.05, 3.63) is 47.8 Å². The lowest BCUT2D eigenvalue weighted by Gasteiger charge is -2.35. The van der Waals surface area contributed by atoms with E-state index in [-0.39, 0.29) is 30.7 Å². The van der Waals surface area contributed by atoms with E-state index in [4.69, 9.17) is 5.26 Å². The Bertz CT molecular complexity index is 1240. The molecule has 4 rings (SSSR count). The maximum atomic E-state index is 14.1. The molecule has 0 saturated heterocycles. The summed E-state index contributed by atoms with van der Waals surface area (Å²) in [5.74, 6) is -0.286. The van der Waals surface area contributed by atoms with E-state index in [1.54, 1.807) is 16.6 Å². The van der Waals surface area contributed by atoms with Crippen LogP contribution in [0.2, 0.25) is 0 Å². The highest BCUT2D eigenvalue weighted by Crippen LogP contribution is 2.32. The van der Waals surface area contributed by atoms with Crippen LogP contribution >= 0.6 is 0 Å². The van der Waals surface area contributed by atoms with Crippen molar-refractivity contribution in [2.45, 2.75) is 44.5 Å². The molecule has 0 aromatic carbocycles. The molecule has 34 heavy (non-hydrogen) atoms. The second kappa shape index (κ2) is 9.37. The summed E-state index contributed by atoms with van der Waals surface area (Å²) in [7, 11) is 0. The highest BCUT2D eigenvalue weighted by atomic mass is 19.1. The number of carbonyl (C=O) groups is 1. The van der Waals surface area contributed by atoms with Gasteiger partial charge in [0.25, 0.3) is 5.91 Å². The van der Waals surface area contributed by atoms with Gasteiger partial charge in [0.1, 0.15) is 12.2 Å². The third kappa shape index (κ3) is 4.85. The van der Waals surface area contributed by atoms with E-state index in [2.05, 4.69) is 26.8 Å². The van der Waals surface area contributed by atoms with Crippen LogP contribution < -0.4 is 10.6 Å². The lowest BCUT2D eigenvalue weighted by Crippen LogP contribution is -2.42. The molecule has 0 spiro atoms. The van der Waals surface area contributed by atoms with Crippen molar-refractivity contribution in [1.82, 2.24) is 19.9 Å². The van der Waals surface area contributed by atoms with Crippen molar-refractivity contribution in [3.63, 3.8) is 0 Å². The summed E-state index contributed by atoms with van der Waals surface area (Å²) in [5, 5.41) is 38.4. The first-order valence-electron chi connectivity index (χ1n) is 11.1. The van der Waals surface area contributed by atoms with Gasteiger partial charge in [0, 0.05) is 18.8 Å². The first-order chi connectivity index (χ1) is 16.2. The molecule has 1 amide bonds. The minimum absolute atomic E-state index is 0.0876. The second-order valence-corrected chi connectivity index (χ2v) is 9.22. The summed E-state index contributed by atoms with van der Waals surface area (Å²) in [6.45, 7) is 2.47. The van der Waals surface area contributed by atoms with E-state index in [9.17, 15) is 19.4 Å². The van der Waals surface area contributed by atoms with Crippen molar-refractivity contribution < 1.29 is 19.4 Å². The number of aliphatic hydroxyl groups is 2. The van der Waals surface area contributed by atoms with Crippen LogP contribution in [0.5, 0.6) is 0 Å². The molecule has 3 heterocycles. The van der Waals surface area contributed by atoms with Crippen LogP contribution in [-0.4, -0.2) is 61.7 Å². The first-order valence-corrected chi connectivity index (χ1v) is 11.1. The van der Waals surface area contributed by atoms with Gasteiger partial charge >= 0.3 is 0 Å². The summed E-state index contributed by atoms with van der Waals surface area (Å²) in [6.07, 6.45) is 2.81. The number of nitrogens with zero attached hydrogens (tertiary/aromatic N) is 4. The van der Waals surface area contributed by atoms with Crippen LogP contribution in [0, 0.1) is 17.2 Å². The maximum Gasteiger partial charge on any atom is 0.255 e. The van der Waals surface area contributed by atoms with Crippen LogP contribution in [0.25, 0.3) is 16.9 Å². The topological polar surface area (TPSA) is 136 Å². The highest BCUT2D eigenvalue weighted by Gasteiger charge is 2.30. The summed E-state index contributed by atoms with van der Waals surface area (Å²) in [6, 6.07) is 9.27. The highest BCUT2D eigenvalue weighted by molar-refractivity contribution is 6.00. The van der Waals surface area contributed by atoms with Crippen molar-refractivity contribution in [2.24, 2.45) is 5.92 Å². The molecule has 178 valence electrons. The van der Waals surface area contributed by atoms with E-state index >= 15 is 0 Å². The predicted molar refractivity (Wildman–Crippen MR) is 124 cm³/mol. The van der Waals surface area contributed by atoms with Gasteiger partial charge in [-0.05, 0) is 56.9 Å². The van der Waals surface area contributed by atoms with Gasteiger partial charge in [0.15, 0.2) is 0 Å². The normalized spacial score (nSPS) is 18.7. The number of hydrogen-bond acceptors (Lipinski definition) is 7. The summed E-state index contributed by atoms with van der Waals surface area (Å²) >= 11 is 0. The van der Waals surface area contributed by atoms with E-state index in [1.165, 1.54) is 26.2 Å². The quantitative estimate of drug-likeness (QED) is 0.400. The van der Waals surface area contributed by atoms with E-state index < -0.39 is 17.7 Å². The fourth-order valence-corrected chi connectivity index (χ4v) is 3.90. The van der Waals surface area contributed by atoms with Gasteiger partial charge in [-0.1, -0.05) is 0 Å². The minimum atomic E-state index is -1.63. The van der Waals surface area contributed by atoms with Crippen LogP contribution in [0.4, 0.5) is 10.1 Å². The predicted octanol–water partition coefficient (Wildman–Crippen LogP) is 2.29. The Morgan fingerprint density at radius 1 is 1.35 bits per heavy atom. The molecular weight excluding hydrogens is 439 g/mol. The van der Waals surface area contributed by atoms with Gasteiger partial charge in [-0.2, -0.15) is 10.4 Å². The number of anilines is 1. The average molecular weight is 467 g/mol. The Balaban J connectivity index is 1.63. The summed E-state index contributed by atoms with van der Waals surface area (Å²) in [5.41, 5.74) is 1.64. The molecule has 0 unspecified atom stereocenters. The number of fused-ring (bicyclic) bond motifs is 1. The van der Waals surface area contributed by atoms with Gasteiger partial charge < -0.3 is 20.8 Å². The zero-order valence-electron chi connectivity index (χ0n) is 19.0. The van der Waals surface area contributed by atoms with Crippen molar-refractivity contribution in [3.8, 4) is 17.5 Å². The molecule has 1 atom stereocenters. The number of pyridine rings is 1. The Hall–Kier alpha value is -3.55. The molecule has 0 aliphatic heterocycles. The number of halogens is 1. The molecule has 1 fully saturated rings. The van der Waals surface area contributed by atoms with Gasteiger partial charge in [-0.25, -0.2) is 8.91 Å². The van der Waals surface area contributed by atoms with Crippen molar-refractivity contribution in [1.29, 1.82) is 5.26 Å². The number of aliphatic hydroxyl groups excluding tert-OH is 1. The van der Waals surface area contributed by atoms with Crippen molar-refractivity contribution in [2.75, 3.05) is 18.5 Å². The lowest BCUT2D eigenvalue weighted by atomic mass is 9.80. The first kappa shape index (κ1) is 23.6. The average Bonchev–Trinajstić information content (AvgIpc) is 3.21. The molecule has 9 nitrogen and oxygen atoms in total.